The smallest absolute Gasteiger partial charge is 0.310 e. The van der Waals surface area contributed by atoms with E-state index in [1.54, 1.807) is 11.3 Å². The van der Waals surface area contributed by atoms with Crippen LogP contribution in [0.15, 0.2) is 35.7 Å². The average molecular weight is 351 g/mol. The van der Waals surface area contributed by atoms with Gasteiger partial charge in [-0.25, -0.2) is 9.97 Å². The van der Waals surface area contributed by atoms with Crippen molar-refractivity contribution in [3.8, 4) is 11.1 Å². The molecule has 0 atom stereocenters. The summed E-state index contributed by atoms with van der Waals surface area (Å²) < 4.78 is 0. The van der Waals surface area contributed by atoms with Crippen molar-refractivity contribution in [2.45, 2.75) is 18.8 Å². The predicted octanol–water partition coefficient (Wildman–Crippen LogP) is 3.76. The van der Waals surface area contributed by atoms with E-state index in [2.05, 4.69) is 22.4 Å². The molecule has 0 unspecified atom stereocenters. The Morgan fingerprint density at radius 2 is 1.92 bits per heavy atom. The van der Waals surface area contributed by atoms with Crippen LogP contribution in [-0.2, 0) is 4.79 Å². The predicted molar refractivity (Wildman–Crippen MR) is 98.2 cm³/mol. The molecule has 1 saturated carbocycles. The molecular formula is C19H17N3O2S. The molecule has 5 nitrogen and oxygen atoms in total. The molecule has 1 N–H and O–H groups in total. The lowest BCUT2D eigenvalue weighted by Gasteiger charge is -2.38. The molecule has 1 aromatic carbocycles. The van der Waals surface area contributed by atoms with Crippen molar-refractivity contribution >= 4 is 33.3 Å². The maximum atomic E-state index is 11.2. The van der Waals surface area contributed by atoms with Gasteiger partial charge >= 0.3 is 5.97 Å². The van der Waals surface area contributed by atoms with Gasteiger partial charge in [0.15, 0.2) is 0 Å². The quantitative estimate of drug-likeness (QED) is 0.775. The molecule has 0 spiro atoms. The van der Waals surface area contributed by atoms with Crippen LogP contribution in [0.5, 0.6) is 0 Å². The van der Waals surface area contributed by atoms with Gasteiger partial charge in [-0.15, -0.1) is 11.3 Å². The summed E-state index contributed by atoms with van der Waals surface area (Å²) in [5, 5.41) is 12.4. The second kappa shape index (κ2) is 5.52. The second-order valence-electron chi connectivity index (χ2n) is 6.82. The first kappa shape index (κ1) is 14.8. The Bertz CT molecular complexity index is 959. The molecule has 1 aliphatic carbocycles. The summed E-state index contributed by atoms with van der Waals surface area (Å²) in [4.78, 5) is 24.0. The molecule has 3 heterocycles. The van der Waals surface area contributed by atoms with Crippen molar-refractivity contribution < 1.29 is 9.90 Å². The van der Waals surface area contributed by atoms with E-state index in [4.69, 9.17) is 9.97 Å². The van der Waals surface area contributed by atoms with E-state index in [1.165, 1.54) is 0 Å². The molecule has 126 valence electrons. The summed E-state index contributed by atoms with van der Waals surface area (Å²) in [6, 6.07) is 10.3. The minimum Gasteiger partial charge on any atom is -0.481 e. The number of carboxylic acid groups (broad SMARTS) is 1. The Morgan fingerprint density at radius 1 is 1.16 bits per heavy atom. The van der Waals surface area contributed by atoms with Gasteiger partial charge in [0, 0.05) is 30.0 Å². The lowest BCUT2D eigenvalue weighted by atomic mass is 9.99. The molecule has 0 bridgehead atoms. The Hall–Kier alpha value is -2.47. The number of anilines is 1. The largest absolute Gasteiger partial charge is 0.481 e. The molecule has 1 aliphatic heterocycles. The summed E-state index contributed by atoms with van der Waals surface area (Å²) in [5.74, 6) is 1.28. The van der Waals surface area contributed by atoms with Gasteiger partial charge in [-0.05, 0) is 18.4 Å². The molecule has 25 heavy (non-hydrogen) atoms. The monoisotopic (exact) mass is 351 g/mol. The maximum Gasteiger partial charge on any atom is 0.310 e. The zero-order chi connectivity index (χ0) is 17.0. The van der Waals surface area contributed by atoms with Gasteiger partial charge in [-0.2, -0.15) is 0 Å². The first-order valence-electron chi connectivity index (χ1n) is 8.53. The Kier molecular flexibility index (Phi) is 3.28. The number of rotatable bonds is 4. The van der Waals surface area contributed by atoms with Crippen LogP contribution in [0.4, 0.5) is 5.82 Å². The van der Waals surface area contributed by atoms with Crippen molar-refractivity contribution in [2.75, 3.05) is 18.0 Å². The fourth-order valence-corrected chi connectivity index (χ4v) is 4.28. The summed E-state index contributed by atoms with van der Waals surface area (Å²) >= 11 is 1.65. The van der Waals surface area contributed by atoms with Gasteiger partial charge in [0.2, 0.25) is 0 Å². The molecule has 2 aromatic heterocycles. The fourth-order valence-electron chi connectivity index (χ4n) is 3.33. The molecule has 2 fully saturated rings. The van der Waals surface area contributed by atoms with E-state index in [-0.39, 0.29) is 5.92 Å². The summed E-state index contributed by atoms with van der Waals surface area (Å²) in [7, 11) is 0. The zero-order valence-electron chi connectivity index (χ0n) is 13.6. The number of hydrogen-bond acceptors (Lipinski definition) is 5. The van der Waals surface area contributed by atoms with Crippen LogP contribution in [0.2, 0.25) is 0 Å². The Morgan fingerprint density at radius 3 is 2.60 bits per heavy atom. The number of benzene rings is 1. The third kappa shape index (κ3) is 2.48. The van der Waals surface area contributed by atoms with Crippen LogP contribution in [0.1, 0.15) is 24.6 Å². The summed E-state index contributed by atoms with van der Waals surface area (Å²) in [5.41, 5.74) is 2.28. The van der Waals surface area contributed by atoms with Crippen molar-refractivity contribution in [1.29, 1.82) is 0 Å². The molecule has 6 heteroatoms. The van der Waals surface area contributed by atoms with Gasteiger partial charge in [-0.3, -0.25) is 4.79 Å². The number of aromatic nitrogens is 2. The van der Waals surface area contributed by atoms with Crippen LogP contribution < -0.4 is 4.90 Å². The molecule has 3 aromatic rings. The van der Waals surface area contributed by atoms with E-state index in [9.17, 15) is 9.90 Å². The van der Waals surface area contributed by atoms with Crippen LogP contribution in [0.3, 0.4) is 0 Å². The molecular weight excluding hydrogens is 334 g/mol. The number of carbonyl (C=O) groups is 1. The average Bonchev–Trinajstić information content (AvgIpc) is 3.33. The van der Waals surface area contributed by atoms with E-state index >= 15 is 0 Å². The molecule has 1 saturated heterocycles. The van der Waals surface area contributed by atoms with E-state index in [0.717, 1.165) is 45.8 Å². The highest BCUT2D eigenvalue weighted by molar-refractivity contribution is 7.17. The van der Waals surface area contributed by atoms with Crippen LogP contribution in [0, 0.1) is 5.92 Å². The number of thiophene rings is 1. The number of aliphatic carboxylic acids is 1. The van der Waals surface area contributed by atoms with Gasteiger partial charge in [0.1, 0.15) is 16.5 Å². The number of fused-ring (bicyclic) bond motifs is 1. The Labute approximate surface area is 149 Å². The van der Waals surface area contributed by atoms with Crippen LogP contribution >= 0.6 is 11.3 Å². The van der Waals surface area contributed by atoms with E-state index in [0.29, 0.717) is 19.0 Å². The van der Waals surface area contributed by atoms with Crippen molar-refractivity contribution in [3.05, 3.63) is 41.5 Å². The molecule has 0 radical (unpaired) electrons. The van der Waals surface area contributed by atoms with Crippen LogP contribution in [-0.4, -0.2) is 34.1 Å². The minimum absolute atomic E-state index is 0.298. The SMILES string of the molecule is O=C(O)C1CN(c2nc(C3CC3)nc3scc(-c4ccccc4)c23)C1. The molecule has 0 amide bonds. The highest BCUT2D eigenvalue weighted by Crippen LogP contribution is 2.44. The summed E-state index contributed by atoms with van der Waals surface area (Å²) in [6.45, 7) is 1.05. The molecule has 2 aliphatic rings. The summed E-state index contributed by atoms with van der Waals surface area (Å²) in [6.07, 6.45) is 2.30. The lowest BCUT2D eigenvalue weighted by molar-refractivity contribution is -0.142. The first-order valence-corrected chi connectivity index (χ1v) is 9.41. The van der Waals surface area contributed by atoms with Gasteiger partial charge in [0.05, 0.1) is 11.3 Å². The van der Waals surface area contributed by atoms with E-state index in [1.807, 2.05) is 18.2 Å². The fraction of sp³-hybridized carbons (Fsp3) is 0.316. The van der Waals surface area contributed by atoms with Gasteiger partial charge in [-0.1, -0.05) is 30.3 Å². The Balaban J connectivity index is 1.65. The first-order chi connectivity index (χ1) is 12.2. The van der Waals surface area contributed by atoms with Crippen LogP contribution in [0.25, 0.3) is 21.3 Å². The normalized spacial score (nSPS) is 17.7. The lowest BCUT2D eigenvalue weighted by Crippen LogP contribution is -2.51. The van der Waals surface area contributed by atoms with Crippen molar-refractivity contribution in [3.63, 3.8) is 0 Å². The third-order valence-corrected chi connectivity index (χ3v) is 5.86. The van der Waals surface area contributed by atoms with Crippen molar-refractivity contribution in [1.82, 2.24) is 9.97 Å². The van der Waals surface area contributed by atoms with E-state index < -0.39 is 5.97 Å². The van der Waals surface area contributed by atoms with Crippen molar-refractivity contribution in [2.24, 2.45) is 5.92 Å². The van der Waals surface area contributed by atoms with Gasteiger partial charge < -0.3 is 10.0 Å². The number of carboxylic acids is 1. The highest BCUT2D eigenvalue weighted by Gasteiger charge is 2.36. The highest BCUT2D eigenvalue weighted by atomic mass is 32.1. The maximum absolute atomic E-state index is 11.2. The minimum atomic E-state index is -0.724. The van der Waals surface area contributed by atoms with Gasteiger partial charge in [0.25, 0.3) is 0 Å². The topological polar surface area (TPSA) is 66.3 Å². The number of nitrogens with zero attached hydrogens (tertiary/aromatic N) is 3. The zero-order valence-corrected chi connectivity index (χ0v) is 14.4. The standard InChI is InChI=1S/C19H17N3O2S/c23-19(24)13-8-22(9-13)17-15-14(11-4-2-1-3-5-11)10-25-18(15)21-16(20-17)12-6-7-12/h1-5,10,12-13H,6-9H2,(H,23,24). The number of hydrogen-bond donors (Lipinski definition) is 1. The molecule has 5 rings (SSSR count). The second-order valence-corrected chi connectivity index (χ2v) is 7.67. The third-order valence-electron chi connectivity index (χ3n) is 4.99.